The van der Waals surface area contributed by atoms with Gasteiger partial charge in [-0.1, -0.05) is 66.7 Å². The van der Waals surface area contributed by atoms with E-state index in [1.807, 2.05) is 66.1 Å². The van der Waals surface area contributed by atoms with Crippen molar-refractivity contribution in [3.63, 3.8) is 0 Å². The van der Waals surface area contributed by atoms with E-state index >= 15 is 0 Å². The summed E-state index contributed by atoms with van der Waals surface area (Å²) in [5, 5.41) is 4.24. The number of fused-ring (bicyclic) bond motifs is 1. The van der Waals surface area contributed by atoms with Crippen LogP contribution in [0.25, 0.3) is 22.2 Å². The predicted octanol–water partition coefficient (Wildman–Crippen LogP) is 4.24. The first-order valence-electron chi connectivity index (χ1n) is 9.09. The Morgan fingerprint density at radius 2 is 1.61 bits per heavy atom. The lowest BCUT2D eigenvalue weighted by molar-refractivity contribution is -0.121. The molecule has 0 aliphatic rings. The second kappa shape index (κ2) is 7.88. The van der Waals surface area contributed by atoms with Crippen molar-refractivity contribution in [3.8, 4) is 11.1 Å². The van der Waals surface area contributed by atoms with Gasteiger partial charge in [-0.3, -0.25) is 4.79 Å². The lowest BCUT2D eigenvalue weighted by atomic mass is 10.0. The number of nitrogens with zero attached hydrogens (tertiary/aromatic N) is 3. The molecule has 0 aliphatic carbocycles. The van der Waals surface area contributed by atoms with Gasteiger partial charge in [0, 0.05) is 0 Å². The molecule has 5 nitrogen and oxygen atoms in total. The zero-order valence-electron chi connectivity index (χ0n) is 15.5. The predicted molar refractivity (Wildman–Crippen MR) is 112 cm³/mol. The monoisotopic (exact) mass is 368 g/mol. The van der Waals surface area contributed by atoms with Crippen LogP contribution in [0.5, 0.6) is 0 Å². The van der Waals surface area contributed by atoms with Crippen LogP contribution in [0.4, 0.5) is 0 Å². The molecule has 1 aromatic heterocycles. The summed E-state index contributed by atoms with van der Waals surface area (Å²) < 4.78 is 1.81. The Morgan fingerprint density at radius 3 is 2.39 bits per heavy atom. The molecule has 0 radical (unpaired) electrons. The highest BCUT2D eigenvalue weighted by Crippen LogP contribution is 2.19. The van der Waals surface area contributed by atoms with Crippen LogP contribution in [0, 0.1) is 0 Å². The van der Waals surface area contributed by atoms with E-state index in [0.29, 0.717) is 0 Å². The Balaban J connectivity index is 1.42. The number of carbonyl (C=O) groups is 1. The van der Waals surface area contributed by atoms with E-state index in [-0.39, 0.29) is 12.5 Å². The molecule has 3 aromatic carbocycles. The van der Waals surface area contributed by atoms with Crippen molar-refractivity contribution in [1.29, 1.82) is 0 Å². The third kappa shape index (κ3) is 3.83. The molecule has 0 atom stereocenters. The number of hydrazone groups is 1. The first-order valence-corrected chi connectivity index (χ1v) is 9.09. The summed E-state index contributed by atoms with van der Waals surface area (Å²) in [5.41, 5.74) is 8.46. The van der Waals surface area contributed by atoms with Gasteiger partial charge < -0.3 is 4.57 Å². The van der Waals surface area contributed by atoms with Crippen molar-refractivity contribution in [2.24, 2.45) is 5.10 Å². The van der Waals surface area contributed by atoms with Gasteiger partial charge in [0.25, 0.3) is 5.91 Å². The molecule has 0 aliphatic heterocycles. The summed E-state index contributed by atoms with van der Waals surface area (Å²) in [6.07, 6.45) is 1.67. The third-order valence-corrected chi connectivity index (χ3v) is 4.60. The molecule has 138 valence electrons. The van der Waals surface area contributed by atoms with Gasteiger partial charge in [-0.05, 0) is 35.7 Å². The van der Waals surface area contributed by atoms with Crippen molar-refractivity contribution in [2.45, 2.75) is 13.5 Å². The normalized spacial score (nSPS) is 11.5. The molecule has 0 bridgehead atoms. The second-order valence-electron chi connectivity index (χ2n) is 6.54. The maximum Gasteiger partial charge on any atom is 0.260 e. The number of hydrogen-bond acceptors (Lipinski definition) is 3. The minimum Gasteiger partial charge on any atom is -0.321 e. The Hall–Kier alpha value is -3.73. The zero-order valence-corrected chi connectivity index (χ0v) is 15.5. The van der Waals surface area contributed by atoms with Gasteiger partial charge in [0.2, 0.25) is 0 Å². The number of benzene rings is 3. The number of rotatable bonds is 5. The van der Waals surface area contributed by atoms with Crippen molar-refractivity contribution in [2.75, 3.05) is 0 Å². The fraction of sp³-hybridized carbons (Fsp3) is 0.0870. The lowest BCUT2D eigenvalue weighted by Crippen LogP contribution is -2.24. The fourth-order valence-corrected chi connectivity index (χ4v) is 3.07. The quantitative estimate of drug-likeness (QED) is 0.423. The van der Waals surface area contributed by atoms with Crippen LogP contribution >= 0.6 is 0 Å². The topological polar surface area (TPSA) is 59.3 Å². The molecule has 4 rings (SSSR count). The minimum atomic E-state index is -0.191. The van der Waals surface area contributed by atoms with Crippen molar-refractivity contribution >= 4 is 22.7 Å². The molecule has 28 heavy (non-hydrogen) atoms. The first-order chi connectivity index (χ1) is 13.7. The summed E-state index contributed by atoms with van der Waals surface area (Å²) in [4.78, 5) is 16.6. The minimum absolute atomic E-state index is 0.171. The average molecular weight is 368 g/mol. The Bertz CT molecular complexity index is 1130. The van der Waals surface area contributed by atoms with Gasteiger partial charge in [0.05, 0.1) is 23.1 Å². The van der Waals surface area contributed by atoms with Gasteiger partial charge in [-0.15, -0.1) is 0 Å². The average Bonchev–Trinajstić information content (AvgIpc) is 3.15. The molecule has 1 N–H and O–H groups in total. The van der Waals surface area contributed by atoms with E-state index in [9.17, 15) is 4.79 Å². The van der Waals surface area contributed by atoms with Gasteiger partial charge in [-0.2, -0.15) is 5.10 Å². The van der Waals surface area contributed by atoms with Gasteiger partial charge in [0.15, 0.2) is 0 Å². The van der Waals surface area contributed by atoms with E-state index in [0.717, 1.165) is 27.9 Å². The highest BCUT2D eigenvalue weighted by atomic mass is 16.2. The number of imidazole rings is 1. The summed E-state index contributed by atoms with van der Waals surface area (Å²) >= 11 is 0. The highest BCUT2D eigenvalue weighted by molar-refractivity contribution is 5.99. The Morgan fingerprint density at radius 1 is 0.929 bits per heavy atom. The summed E-state index contributed by atoms with van der Waals surface area (Å²) in [6, 6.07) is 26.1. The molecule has 4 aromatic rings. The van der Waals surface area contributed by atoms with Gasteiger partial charge >= 0.3 is 0 Å². The second-order valence-corrected chi connectivity index (χ2v) is 6.54. The molecular weight excluding hydrogens is 348 g/mol. The molecular formula is C23H20N4O. The SMILES string of the molecule is C/C(=N\NC(=O)Cn1cnc2ccccc21)c1ccc(-c2ccccc2)cc1. The van der Waals surface area contributed by atoms with E-state index in [1.165, 1.54) is 5.56 Å². The van der Waals surface area contributed by atoms with E-state index < -0.39 is 0 Å². The van der Waals surface area contributed by atoms with Gasteiger partial charge in [0.1, 0.15) is 6.54 Å². The zero-order chi connectivity index (χ0) is 19.3. The number of aromatic nitrogens is 2. The van der Waals surface area contributed by atoms with Crippen LogP contribution in [-0.2, 0) is 11.3 Å². The van der Waals surface area contributed by atoms with Crippen molar-refractivity contribution < 1.29 is 4.79 Å². The highest BCUT2D eigenvalue weighted by Gasteiger charge is 2.07. The van der Waals surface area contributed by atoms with Crippen LogP contribution in [-0.4, -0.2) is 21.2 Å². The third-order valence-electron chi connectivity index (χ3n) is 4.60. The van der Waals surface area contributed by atoms with E-state index in [2.05, 4.69) is 39.8 Å². The summed E-state index contributed by atoms with van der Waals surface area (Å²) in [7, 11) is 0. The van der Waals surface area contributed by atoms with Crippen LogP contribution in [0.2, 0.25) is 0 Å². The molecule has 0 unspecified atom stereocenters. The van der Waals surface area contributed by atoms with Crippen LogP contribution in [0.1, 0.15) is 12.5 Å². The molecule has 0 fully saturated rings. The number of carbonyl (C=O) groups excluding carboxylic acids is 1. The van der Waals surface area contributed by atoms with Crippen LogP contribution in [0.15, 0.2) is 90.3 Å². The van der Waals surface area contributed by atoms with Crippen LogP contribution in [0.3, 0.4) is 0 Å². The maximum atomic E-state index is 12.3. The fourth-order valence-electron chi connectivity index (χ4n) is 3.07. The molecule has 1 heterocycles. The standard InChI is InChI=1S/C23H20N4O/c1-17(18-11-13-20(14-12-18)19-7-3-2-4-8-19)25-26-23(28)15-27-16-24-21-9-5-6-10-22(21)27/h2-14,16H,15H2,1H3,(H,26,28)/b25-17+. The molecule has 0 saturated carbocycles. The summed E-state index contributed by atoms with van der Waals surface area (Å²) in [5.74, 6) is -0.191. The number of para-hydroxylation sites is 2. The number of amides is 1. The smallest absolute Gasteiger partial charge is 0.260 e. The van der Waals surface area contributed by atoms with E-state index in [4.69, 9.17) is 0 Å². The molecule has 1 amide bonds. The number of nitrogens with one attached hydrogen (secondary N) is 1. The van der Waals surface area contributed by atoms with Crippen molar-refractivity contribution in [3.05, 3.63) is 90.8 Å². The van der Waals surface area contributed by atoms with Crippen LogP contribution < -0.4 is 5.43 Å². The Kier molecular flexibility index (Phi) is 4.97. The van der Waals surface area contributed by atoms with Gasteiger partial charge in [-0.25, -0.2) is 10.4 Å². The summed E-state index contributed by atoms with van der Waals surface area (Å²) in [6.45, 7) is 2.05. The lowest BCUT2D eigenvalue weighted by Gasteiger charge is -2.06. The first kappa shape index (κ1) is 17.7. The largest absolute Gasteiger partial charge is 0.321 e. The Labute approximate surface area is 163 Å². The maximum absolute atomic E-state index is 12.3. The number of hydrogen-bond donors (Lipinski definition) is 1. The van der Waals surface area contributed by atoms with E-state index in [1.54, 1.807) is 6.33 Å². The molecule has 0 saturated heterocycles. The van der Waals surface area contributed by atoms with Crippen molar-refractivity contribution in [1.82, 2.24) is 15.0 Å². The molecule has 0 spiro atoms. The molecule has 5 heteroatoms.